The molecule has 1 aliphatic rings. The van der Waals surface area contributed by atoms with E-state index in [4.69, 9.17) is 0 Å². The monoisotopic (exact) mass is 170 g/mol. The number of rotatable bonds is 2. The van der Waals surface area contributed by atoms with E-state index in [1.165, 1.54) is 29.5 Å². The third-order valence-corrected chi connectivity index (χ3v) is 2.54. The van der Waals surface area contributed by atoms with E-state index < -0.39 is 0 Å². The van der Waals surface area contributed by atoms with Gasteiger partial charge in [-0.2, -0.15) is 0 Å². The molecule has 0 amide bonds. The molecule has 0 unspecified atom stereocenters. The van der Waals surface area contributed by atoms with E-state index >= 15 is 0 Å². The molecule has 2 rings (SSSR count). The Hall–Kier alpha value is -1.30. The first-order valence-corrected chi connectivity index (χ1v) is 4.78. The molecule has 0 saturated carbocycles. The summed E-state index contributed by atoms with van der Waals surface area (Å²) in [5, 5.41) is 0. The maximum Gasteiger partial charge on any atom is -0.0138 e. The molecule has 0 atom stereocenters. The molecule has 66 valence electrons. The average Bonchev–Trinajstić information content (AvgIpc) is 2.18. The molecule has 0 aliphatic heterocycles. The van der Waals surface area contributed by atoms with E-state index in [9.17, 15) is 0 Å². The number of hydrogen-bond donors (Lipinski definition) is 0. The first-order valence-electron chi connectivity index (χ1n) is 4.78. The van der Waals surface area contributed by atoms with Crippen molar-refractivity contribution in [1.82, 2.24) is 0 Å². The SMILES string of the molecule is C=CCC1=Cc2ccccc2CC1. The fourth-order valence-corrected chi connectivity index (χ4v) is 1.84. The summed E-state index contributed by atoms with van der Waals surface area (Å²) in [6.07, 6.45) is 7.72. The zero-order valence-corrected chi connectivity index (χ0v) is 7.79. The summed E-state index contributed by atoms with van der Waals surface area (Å²) in [4.78, 5) is 0. The topological polar surface area (TPSA) is 0 Å². The van der Waals surface area contributed by atoms with Crippen LogP contribution >= 0.6 is 0 Å². The summed E-state index contributed by atoms with van der Waals surface area (Å²) >= 11 is 0. The first kappa shape index (κ1) is 8.31. The molecule has 0 spiro atoms. The predicted octanol–water partition coefficient (Wildman–Crippen LogP) is 3.59. The van der Waals surface area contributed by atoms with Crippen molar-refractivity contribution in [2.24, 2.45) is 0 Å². The van der Waals surface area contributed by atoms with Gasteiger partial charge in [0.15, 0.2) is 0 Å². The van der Waals surface area contributed by atoms with Crippen LogP contribution in [0, 0.1) is 0 Å². The van der Waals surface area contributed by atoms with Crippen LogP contribution in [0.2, 0.25) is 0 Å². The lowest BCUT2D eigenvalue weighted by atomic mass is 9.91. The molecule has 1 aromatic carbocycles. The Labute approximate surface area is 79.6 Å². The fraction of sp³-hybridized carbons (Fsp3) is 0.231. The zero-order chi connectivity index (χ0) is 9.10. The average molecular weight is 170 g/mol. The second kappa shape index (κ2) is 3.61. The predicted molar refractivity (Wildman–Crippen MR) is 57.6 cm³/mol. The molecule has 0 nitrogen and oxygen atoms in total. The Bertz CT molecular complexity index is 345. The summed E-state index contributed by atoms with van der Waals surface area (Å²) in [6, 6.07) is 8.63. The third kappa shape index (κ3) is 1.72. The maximum absolute atomic E-state index is 3.77. The van der Waals surface area contributed by atoms with Gasteiger partial charge in [-0.25, -0.2) is 0 Å². The molecule has 1 aliphatic carbocycles. The molecule has 13 heavy (non-hydrogen) atoms. The molecule has 0 saturated heterocycles. The van der Waals surface area contributed by atoms with Gasteiger partial charge >= 0.3 is 0 Å². The molecular weight excluding hydrogens is 156 g/mol. The highest BCUT2D eigenvalue weighted by atomic mass is 14.1. The Morgan fingerprint density at radius 1 is 1.23 bits per heavy atom. The quantitative estimate of drug-likeness (QED) is 0.595. The van der Waals surface area contributed by atoms with E-state index in [0.717, 1.165) is 6.42 Å². The molecule has 0 heterocycles. The summed E-state index contributed by atoms with van der Waals surface area (Å²) in [6.45, 7) is 3.77. The number of fused-ring (bicyclic) bond motifs is 1. The molecular formula is C13H14. The van der Waals surface area contributed by atoms with Crippen molar-refractivity contribution in [2.45, 2.75) is 19.3 Å². The van der Waals surface area contributed by atoms with E-state index in [1.807, 2.05) is 6.08 Å². The van der Waals surface area contributed by atoms with Crippen LogP contribution in [0.15, 0.2) is 42.5 Å². The van der Waals surface area contributed by atoms with E-state index in [0.29, 0.717) is 0 Å². The van der Waals surface area contributed by atoms with Crippen LogP contribution in [0.3, 0.4) is 0 Å². The van der Waals surface area contributed by atoms with Gasteiger partial charge in [0.05, 0.1) is 0 Å². The van der Waals surface area contributed by atoms with Gasteiger partial charge in [0, 0.05) is 0 Å². The van der Waals surface area contributed by atoms with Gasteiger partial charge in [-0.05, 0) is 30.4 Å². The lowest BCUT2D eigenvalue weighted by Gasteiger charge is -2.14. The zero-order valence-electron chi connectivity index (χ0n) is 7.79. The smallest absolute Gasteiger partial charge is 0.0138 e. The highest BCUT2D eigenvalue weighted by Crippen LogP contribution is 2.25. The Balaban J connectivity index is 2.32. The van der Waals surface area contributed by atoms with Crippen LogP contribution in [0.25, 0.3) is 6.08 Å². The van der Waals surface area contributed by atoms with Crippen molar-refractivity contribution in [3.63, 3.8) is 0 Å². The van der Waals surface area contributed by atoms with Gasteiger partial charge < -0.3 is 0 Å². The van der Waals surface area contributed by atoms with Crippen molar-refractivity contribution in [2.75, 3.05) is 0 Å². The second-order valence-corrected chi connectivity index (χ2v) is 3.49. The van der Waals surface area contributed by atoms with Gasteiger partial charge in [0.25, 0.3) is 0 Å². The first-order chi connectivity index (χ1) is 6.40. The van der Waals surface area contributed by atoms with E-state index in [2.05, 4.69) is 36.9 Å². The van der Waals surface area contributed by atoms with Crippen molar-refractivity contribution in [3.8, 4) is 0 Å². The summed E-state index contributed by atoms with van der Waals surface area (Å²) in [7, 11) is 0. The maximum atomic E-state index is 3.77. The number of aryl methyl sites for hydroxylation is 1. The van der Waals surface area contributed by atoms with Gasteiger partial charge in [-0.1, -0.05) is 42.0 Å². The number of hydrogen-bond acceptors (Lipinski definition) is 0. The van der Waals surface area contributed by atoms with Crippen LogP contribution in [0.5, 0.6) is 0 Å². The highest BCUT2D eigenvalue weighted by Gasteiger charge is 2.07. The summed E-state index contributed by atoms with van der Waals surface area (Å²) in [5.41, 5.74) is 4.38. The third-order valence-electron chi connectivity index (χ3n) is 2.54. The molecule has 0 radical (unpaired) electrons. The van der Waals surface area contributed by atoms with Crippen LogP contribution in [-0.2, 0) is 6.42 Å². The van der Waals surface area contributed by atoms with Crippen molar-refractivity contribution in [3.05, 3.63) is 53.6 Å². The summed E-state index contributed by atoms with van der Waals surface area (Å²) in [5.74, 6) is 0. The Morgan fingerprint density at radius 2 is 2.08 bits per heavy atom. The standard InChI is InChI=1S/C13H14/c1-2-5-11-8-9-12-6-3-4-7-13(12)10-11/h2-4,6-7,10H,1,5,8-9H2. The lowest BCUT2D eigenvalue weighted by Crippen LogP contribution is -1.98. The largest absolute Gasteiger partial charge is 0.103 e. The van der Waals surface area contributed by atoms with Crippen LogP contribution in [-0.4, -0.2) is 0 Å². The normalized spacial score (nSPS) is 14.6. The molecule has 0 heteroatoms. The minimum absolute atomic E-state index is 1.04. The highest BCUT2D eigenvalue weighted by molar-refractivity contribution is 5.59. The lowest BCUT2D eigenvalue weighted by molar-refractivity contribution is 0.900. The number of benzene rings is 1. The minimum Gasteiger partial charge on any atom is -0.103 e. The van der Waals surface area contributed by atoms with E-state index in [-0.39, 0.29) is 0 Å². The van der Waals surface area contributed by atoms with Crippen LogP contribution in [0.1, 0.15) is 24.0 Å². The van der Waals surface area contributed by atoms with Crippen molar-refractivity contribution < 1.29 is 0 Å². The van der Waals surface area contributed by atoms with Crippen molar-refractivity contribution >= 4 is 6.08 Å². The molecule has 0 bridgehead atoms. The minimum atomic E-state index is 1.04. The van der Waals surface area contributed by atoms with Gasteiger partial charge in [0.1, 0.15) is 0 Å². The van der Waals surface area contributed by atoms with Crippen molar-refractivity contribution in [1.29, 1.82) is 0 Å². The molecule has 1 aromatic rings. The van der Waals surface area contributed by atoms with E-state index in [1.54, 1.807) is 0 Å². The Morgan fingerprint density at radius 3 is 2.92 bits per heavy atom. The Kier molecular flexibility index (Phi) is 2.31. The molecule has 0 N–H and O–H groups in total. The molecule has 0 aromatic heterocycles. The molecule has 0 fully saturated rings. The van der Waals surface area contributed by atoms with Gasteiger partial charge in [-0.3, -0.25) is 0 Å². The van der Waals surface area contributed by atoms with Gasteiger partial charge in [0.2, 0.25) is 0 Å². The number of allylic oxidation sites excluding steroid dienone is 2. The van der Waals surface area contributed by atoms with Gasteiger partial charge in [-0.15, -0.1) is 6.58 Å². The second-order valence-electron chi connectivity index (χ2n) is 3.49. The summed E-state index contributed by atoms with van der Waals surface area (Å²) < 4.78 is 0. The van der Waals surface area contributed by atoms with Crippen LogP contribution < -0.4 is 0 Å². The van der Waals surface area contributed by atoms with Crippen LogP contribution in [0.4, 0.5) is 0 Å². The fourth-order valence-electron chi connectivity index (χ4n) is 1.84.